The number of pyridine rings is 1. The largest absolute Gasteiger partial charge is 0.508 e. The van der Waals surface area contributed by atoms with E-state index in [-0.39, 0.29) is 86.6 Å². The summed E-state index contributed by atoms with van der Waals surface area (Å²) in [5.41, 5.74) is 14.6. The number of amides is 4. The average molecular weight is 1270 g/mol. The molecule has 454 valence electrons. The first-order chi connectivity index (χ1) is 42.9. The van der Waals surface area contributed by atoms with Crippen molar-refractivity contribution in [3.05, 3.63) is 193 Å². The number of benzene rings is 4. The van der Waals surface area contributed by atoms with E-state index in [0.717, 1.165) is 28.2 Å². The minimum absolute atomic E-state index is 0.00500. The number of primary amides is 1. The third kappa shape index (κ3) is 15.7. The second-order valence-corrected chi connectivity index (χ2v) is 23.8. The second-order valence-electron chi connectivity index (χ2n) is 20.3. The number of nitrogens with one attached hydrogen (secondary N) is 3. The quantitative estimate of drug-likeness (QED) is 0.0222. The average Bonchev–Trinajstić information content (AvgIpc) is 2.94. The van der Waals surface area contributed by atoms with Crippen LogP contribution >= 0.6 is 45.3 Å². The standard InChI is InChI=1S/C62H55N11O12S4/c1-32(24-49(84-37-14-8-4-9-15-37)85-38-16-10-5-11-17-38)50(72-53(76)40(63)25-35-18-20-36(74)21-19-35)60-70-46(30-89-60)59-68-44(28-86-59)52-39(22-23-41(65-52)57-71-47(31-88-57)62(81)82)56-73-51(33(2)83-56)55(78)66-42(27-48(64)75)58-69-45(29-87-58)54(77)67-43(61(79)80)26-34-12-6-3-7-13-34/h3-23,28-32,40,42-43,49-50,74H,24-27,63H2,1-2H3,(H2,64,75)(H,66,78)(H,67,77)(H,72,76)(H,79,80)(H,81,82). The summed E-state index contributed by atoms with van der Waals surface area (Å²) < 4.78 is 19.0. The van der Waals surface area contributed by atoms with E-state index in [1.165, 1.54) is 52.5 Å². The lowest BCUT2D eigenvalue weighted by Gasteiger charge is -2.29. The van der Waals surface area contributed by atoms with Gasteiger partial charge in [-0.25, -0.2) is 39.5 Å². The molecular weight excluding hydrogens is 1220 g/mol. The lowest BCUT2D eigenvalue weighted by molar-refractivity contribution is -0.139. The molecule has 23 nitrogen and oxygen atoms in total. The van der Waals surface area contributed by atoms with Crippen molar-refractivity contribution >= 4 is 80.9 Å². The molecule has 6 heterocycles. The zero-order valence-electron chi connectivity index (χ0n) is 47.2. The molecule has 10 rings (SSSR count). The fraction of sp³-hybridized carbons (Fsp3) is 0.194. The molecule has 5 unspecified atom stereocenters. The molecule has 0 aliphatic heterocycles. The topological polar surface area (TPSA) is 360 Å². The number of carboxylic acids is 2. The van der Waals surface area contributed by atoms with Gasteiger partial charge in [0.25, 0.3) is 11.8 Å². The molecule has 27 heteroatoms. The van der Waals surface area contributed by atoms with Gasteiger partial charge in [-0.3, -0.25) is 19.2 Å². The number of aliphatic carboxylic acids is 1. The Morgan fingerprint density at radius 2 is 1.24 bits per heavy atom. The summed E-state index contributed by atoms with van der Waals surface area (Å²) in [6, 6.07) is 32.7. The van der Waals surface area contributed by atoms with Crippen LogP contribution in [0.2, 0.25) is 0 Å². The maximum absolute atomic E-state index is 14.2. The van der Waals surface area contributed by atoms with E-state index < -0.39 is 72.4 Å². The highest BCUT2D eigenvalue weighted by atomic mass is 32.1. The van der Waals surface area contributed by atoms with Crippen LogP contribution < -0.4 is 36.9 Å². The summed E-state index contributed by atoms with van der Waals surface area (Å²) in [5, 5.41) is 45.6. The molecule has 4 aromatic carbocycles. The Kier molecular flexibility index (Phi) is 19.6. The van der Waals surface area contributed by atoms with Crippen molar-refractivity contribution in [2.45, 2.75) is 70.0 Å². The highest BCUT2D eigenvalue weighted by molar-refractivity contribution is 7.14. The normalized spacial score (nSPS) is 12.9. The van der Waals surface area contributed by atoms with Crippen LogP contribution in [0.4, 0.5) is 0 Å². The molecule has 0 saturated carbocycles. The number of hydrogen-bond acceptors (Lipinski definition) is 21. The predicted octanol–water partition coefficient (Wildman–Crippen LogP) is 9.29. The summed E-state index contributed by atoms with van der Waals surface area (Å²) in [6.45, 7) is 3.45. The van der Waals surface area contributed by atoms with Crippen LogP contribution in [0.3, 0.4) is 0 Å². The van der Waals surface area contributed by atoms with E-state index in [2.05, 4.69) is 30.9 Å². The van der Waals surface area contributed by atoms with Gasteiger partial charge in [0, 0.05) is 34.4 Å². The fourth-order valence-corrected chi connectivity index (χ4v) is 12.6. The Hall–Kier alpha value is -10.1. The number of nitrogens with two attached hydrogens (primary N) is 2. The second kappa shape index (κ2) is 28.2. The number of hydrogen-bond donors (Lipinski definition) is 8. The number of aromatic hydroxyl groups is 1. The molecule has 6 aromatic heterocycles. The van der Waals surface area contributed by atoms with Crippen LogP contribution in [0.5, 0.6) is 17.2 Å². The molecule has 5 atom stereocenters. The van der Waals surface area contributed by atoms with Crippen LogP contribution in [0.15, 0.2) is 153 Å². The Labute approximate surface area is 523 Å². The molecule has 0 bridgehead atoms. The molecule has 0 fully saturated rings. The number of ether oxygens (including phenoxy) is 2. The summed E-state index contributed by atoms with van der Waals surface area (Å²) in [4.78, 5) is 106. The van der Waals surface area contributed by atoms with E-state index in [1.54, 1.807) is 60.0 Å². The number of oxazole rings is 1. The summed E-state index contributed by atoms with van der Waals surface area (Å²) in [7, 11) is 0. The van der Waals surface area contributed by atoms with Crippen LogP contribution in [0, 0.1) is 12.8 Å². The smallest absolute Gasteiger partial charge is 0.355 e. The molecule has 89 heavy (non-hydrogen) atoms. The van der Waals surface area contributed by atoms with E-state index in [9.17, 15) is 44.1 Å². The summed E-state index contributed by atoms with van der Waals surface area (Å²) >= 11 is 4.54. The lowest BCUT2D eigenvalue weighted by Crippen LogP contribution is -2.45. The molecule has 0 aliphatic rings. The van der Waals surface area contributed by atoms with Crippen LogP contribution in [0.1, 0.15) is 90.2 Å². The monoisotopic (exact) mass is 1270 g/mol. The number of phenols is 1. The molecule has 10 N–H and O–H groups in total. The number of thiazole rings is 4. The predicted molar refractivity (Wildman–Crippen MR) is 332 cm³/mol. The van der Waals surface area contributed by atoms with Gasteiger partial charge in [-0.1, -0.05) is 85.8 Å². The van der Waals surface area contributed by atoms with Gasteiger partial charge in [0.1, 0.15) is 71.9 Å². The van der Waals surface area contributed by atoms with Crippen LogP contribution in [0.25, 0.3) is 44.2 Å². The first-order valence-electron chi connectivity index (χ1n) is 27.4. The van der Waals surface area contributed by atoms with Crippen molar-refractivity contribution in [3.63, 3.8) is 0 Å². The Balaban J connectivity index is 0.932. The number of aryl methyl sites for hydroxylation is 1. The van der Waals surface area contributed by atoms with Crippen LogP contribution in [-0.4, -0.2) is 99.2 Å². The Morgan fingerprint density at radius 3 is 1.89 bits per heavy atom. The van der Waals surface area contributed by atoms with Crippen molar-refractivity contribution < 1.29 is 58.0 Å². The lowest BCUT2D eigenvalue weighted by atomic mass is 9.97. The number of carbonyl (C=O) groups excluding carboxylic acids is 4. The highest BCUT2D eigenvalue weighted by Gasteiger charge is 2.33. The third-order valence-corrected chi connectivity index (χ3v) is 17.3. The van der Waals surface area contributed by atoms with Crippen molar-refractivity contribution in [2.75, 3.05) is 0 Å². The Bertz CT molecular complexity index is 4100. The first-order valence-corrected chi connectivity index (χ1v) is 30.9. The molecule has 0 radical (unpaired) electrons. The zero-order valence-corrected chi connectivity index (χ0v) is 50.5. The number of carbonyl (C=O) groups is 6. The zero-order chi connectivity index (χ0) is 62.7. The van der Waals surface area contributed by atoms with Gasteiger partial charge in [0.2, 0.25) is 24.0 Å². The van der Waals surface area contributed by atoms with Crippen molar-refractivity contribution in [1.29, 1.82) is 0 Å². The van der Waals surface area contributed by atoms with Gasteiger partial charge >= 0.3 is 11.9 Å². The SMILES string of the molecule is Cc1oc(-c2ccc(-c3nc(C(=O)O)cs3)nc2-c2csc(-c3csc(C(NC(=O)C(N)Cc4ccc(O)cc4)C(C)CC(Oc4ccccc4)Oc4ccccc4)n3)n2)nc1C(=O)NC(CC(N)=O)c1nc(C(=O)NC(Cc2ccccc2)C(=O)O)cs1. The number of aromatic nitrogens is 6. The number of para-hydroxylation sites is 2. The molecule has 0 aliphatic carbocycles. The number of phenolic OH excluding ortho intramolecular Hbond substituents is 1. The number of carboxylic acid groups (broad SMARTS) is 2. The maximum Gasteiger partial charge on any atom is 0.355 e. The minimum atomic E-state index is -1.28. The summed E-state index contributed by atoms with van der Waals surface area (Å²) in [5.74, 6) is -4.49. The maximum atomic E-state index is 14.2. The van der Waals surface area contributed by atoms with Gasteiger partial charge in [0.15, 0.2) is 11.4 Å². The van der Waals surface area contributed by atoms with Gasteiger partial charge in [-0.15, -0.1) is 45.3 Å². The van der Waals surface area contributed by atoms with Gasteiger partial charge in [0.05, 0.1) is 35.8 Å². The molecular formula is C62H55N11O12S4. The van der Waals surface area contributed by atoms with Gasteiger partial charge in [-0.2, -0.15) is 0 Å². The number of aromatic carboxylic acids is 1. The molecule has 4 amide bonds. The molecule has 0 spiro atoms. The van der Waals surface area contributed by atoms with Crippen molar-refractivity contribution in [2.24, 2.45) is 17.4 Å². The minimum Gasteiger partial charge on any atom is -0.508 e. The first kappa shape index (κ1) is 62.0. The van der Waals surface area contributed by atoms with E-state index >= 15 is 0 Å². The van der Waals surface area contributed by atoms with E-state index in [0.29, 0.717) is 38.5 Å². The Morgan fingerprint density at radius 1 is 0.618 bits per heavy atom. The van der Waals surface area contributed by atoms with E-state index in [1.807, 2.05) is 73.0 Å². The van der Waals surface area contributed by atoms with Gasteiger partial charge in [-0.05, 0) is 78.9 Å². The third-order valence-electron chi connectivity index (χ3n) is 13.7. The molecule has 10 aromatic rings. The fourth-order valence-electron chi connectivity index (χ4n) is 9.20. The number of nitrogens with zero attached hydrogens (tertiary/aromatic N) is 6. The van der Waals surface area contributed by atoms with Gasteiger partial charge < -0.3 is 56.6 Å². The van der Waals surface area contributed by atoms with Crippen molar-refractivity contribution in [1.82, 2.24) is 45.9 Å². The van der Waals surface area contributed by atoms with Crippen LogP contribution in [-0.2, 0) is 27.2 Å². The van der Waals surface area contributed by atoms with E-state index in [4.69, 9.17) is 40.3 Å². The highest BCUT2D eigenvalue weighted by Crippen LogP contribution is 2.39. The molecule has 0 saturated heterocycles. The summed E-state index contributed by atoms with van der Waals surface area (Å²) in [6.07, 6.45) is -0.791. The number of rotatable bonds is 27. The van der Waals surface area contributed by atoms with Crippen molar-refractivity contribution in [3.8, 4) is 61.5 Å².